The number of para-hydroxylation sites is 1. The van der Waals surface area contributed by atoms with Crippen LogP contribution in [-0.4, -0.2) is 56.8 Å². The van der Waals surface area contributed by atoms with Gasteiger partial charge in [-0.15, -0.1) is 0 Å². The van der Waals surface area contributed by atoms with Gasteiger partial charge in [0.1, 0.15) is 11.3 Å². The first-order valence-corrected chi connectivity index (χ1v) is 25.0. The molecule has 0 bridgehead atoms. The number of hydrogen-bond acceptors (Lipinski definition) is 13. The van der Waals surface area contributed by atoms with Crippen molar-refractivity contribution in [2.45, 2.75) is 65.5 Å². The van der Waals surface area contributed by atoms with Crippen molar-refractivity contribution in [2.24, 2.45) is 0 Å². The van der Waals surface area contributed by atoms with Gasteiger partial charge in [0.05, 0.1) is 49.4 Å². The number of carbonyl (C=O) groups excluding carboxylic acids is 2. The van der Waals surface area contributed by atoms with E-state index < -0.39 is 44.2 Å². The SMILES string of the molecule is CCc1cccc(CC)c1-n1nc2c(c1-c1cc(F)c(OC)c3c1ccn3C(=O)OCOC(=O)Cc1ccc(OP(=O)(OCc3ccccc3)OCc3ccccc3)cc1)CN(c1ncc(C(F)(F)F)cn1)CC2. The predicted molar refractivity (Wildman–Crippen MR) is 265 cm³/mol. The third-order valence-corrected chi connectivity index (χ3v) is 13.7. The lowest BCUT2D eigenvalue weighted by Gasteiger charge is -2.27. The number of fused-ring (bicyclic) bond motifs is 2. The zero-order valence-electron chi connectivity index (χ0n) is 40.4. The van der Waals surface area contributed by atoms with E-state index in [9.17, 15) is 27.3 Å². The van der Waals surface area contributed by atoms with Gasteiger partial charge in [-0.1, -0.05) is 105 Å². The number of esters is 1. The summed E-state index contributed by atoms with van der Waals surface area (Å²) in [5.74, 6) is -1.59. The molecular formula is C54H49F4N6O9P. The molecule has 3 aromatic heterocycles. The molecule has 0 fully saturated rings. The molecule has 20 heteroatoms. The van der Waals surface area contributed by atoms with Gasteiger partial charge in [0.2, 0.25) is 12.7 Å². The quantitative estimate of drug-likeness (QED) is 0.0346. The molecule has 0 saturated carbocycles. The Bertz CT molecular complexity index is 3270. The van der Waals surface area contributed by atoms with Gasteiger partial charge < -0.3 is 23.6 Å². The number of halogens is 4. The number of anilines is 1. The second-order valence-electron chi connectivity index (χ2n) is 17.1. The van der Waals surface area contributed by atoms with E-state index in [1.165, 1.54) is 31.5 Å². The number of nitrogens with zero attached hydrogens (tertiary/aromatic N) is 6. The van der Waals surface area contributed by atoms with E-state index in [1.807, 2.05) is 92.7 Å². The summed E-state index contributed by atoms with van der Waals surface area (Å²) in [6.45, 7) is 3.62. The fourth-order valence-electron chi connectivity index (χ4n) is 8.68. The number of rotatable bonds is 18. The van der Waals surface area contributed by atoms with Crippen LogP contribution in [0.3, 0.4) is 0 Å². The highest BCUT2D eigenvalue weighted by molar-refractivity contribution is 7.48. The van der Waals surface area contributed by atoms with Crippen LogP contribution in [0.2, 0.25) is 0 Å². The van der Waals surface area contributed by atoms with Crippen molar-refractivity contribution < 1.29 is 59.5 Å². The van der Waals surface area contributed by atoms with Crippen molar-refractivity contribution in [3.05, 3.63) is 184 Å². The average molecular weight is 1030 g/mol. The number of methoxy groups -OCH3 is 1. The Morgan fingerprint density at radius 3 is 2.01 bits per heavy atom. The number of phosphoric acid groups is 1. The molecule has 9 rings (SSSR count). The van der Waals surface area contributed by atoms with Crippen molar-refractivity contribution in [3.63, 3.8) is 0 Å². The molecule has 0 atom stereocenters. The summed E-state index contributed by atoms with van der Waals surface area (Å²) in [6, 6.07) is 33.3. The first-order valence-electron chi connectivity index (χ1n) is 23.6. The minimum Gasteiger partial charge on any atom is -0.492 e. The van der Waals surface area contributed by atoms with Crippen LogP contribution in [0.15, 0.2) is 134 Å². The maximum absolute atomic E-state index is 16.5. The minimum absolute atomic E-state index is 0.0151. The number of hydrogen-bond donors (Lipinski definition) is 0. The molecule has 4 heterocycles. The van der Waals surface area contributed by atoms with Crippen LogP contribution in [0.4, 0.5) is 28.3 Å². The van der Waals surface area contributed by atoms with E-state index in [0.717, 1.165) is 44.9 Å². The molecule has 1 aliphatic heterocycles. The van der Waals surface area contributed by atoms with E-state index in [-0.39, 0.29) is 49.1 Å². The Labute approximate surface area is 422 Å². The van der Waals surface area contributed by atoms with Gasteiger partial charge in [-0.05, 0) is 64.9 Å². The van der Waals surface area contributed by atoms with Crippen LogP contribution in [0, 0.1) is 5.82 Å². The maximum atomic E-state index is 16.5. The molecule has 1 aliphatic rings. The van der Waals surface area contributed by atoms with Gasteiger partial charge in [0, 0.05) is 54.6 Å². The second kappa shape index (κ2) is 22.1. The number of alkyl halides is 3. The van der Waals surface area contributed by atoms with Crippen molar-refractivity contribution in [1.82, 2.24) is 24.3 Å². The Morgan fingerprint density at radius 1 is 0.784 bits per heavy atom. The Kier molecular flexibility index (Phi) is 15.2. The number of carbonyl (C=O) groups is 2. The summed E-state index contributed by atoms with van der Waals surface area (Å²) >= 11 is 0. The van der Waals surface area contributed by atoms with Gasteiger partial charge in [-0.25, -0.2) is 33.0 Å². The summed E-state index contributed by atoms with van der Waals surface area (Å²) in [5, 5.41) is 5.50. The fourth-order valence-corrected chi connectivity index (χ4v) is 9.86. The minimum atomic E-state index is -4.62. The van der Waals surface area contributed by atoms with Crippen LogP contribution < -0.4 is 14.2 Å². The molecule has 0 spiro atoms. The van der Waals surface area contributed by atoms with Gasteiger partial charge in [0.25, 0.3) is 0 Å². The lowest BCUT2D eigenvalue weighted by atomic mass is 9.97. The molecule has 0 amide bonds. The van der Waals surface area contributed by atoms with Gasteiger partial charge in [-0.2, -0.15) is 18.3 Å². The number of ether oxygens (including phenoxy) is 3. The van der Waals surface area contributed by atoms with E-state index in [4.69, 9.17) is 32.9 Å². The summed E-state index contributed by atoms with van der Waals surface area (Å²) in [5.41, 5.74) is 5.95. The smallest absolute Gasteiger partial charge is 0.492 e. The molecule has 382 valence electrons. The molecular weight excluding hydrogens is 984 g/mol. The van der Waals surface area contributed by atoms with E-state index in [1.54, 1.807) is 27.8 Å². The first-order chi connectivity index (χ1) is 35.7. The highest BCUT2D eigenvalue weighted by Gasteiger charge is 2.35. The molecule has 8 aromatic rings. The third kappa shape index (κ3) is 11.2. The van der Waals surface area contributed by atoms with Crippen molar-refractivity contribution >= 4 is 36.7 Å². The zero-order valence-corrected chi connectivity index (χ0v) is 41.3. The molecule has 0 radical (unpaired) electrons. The van der Waals surface area contributed by atoms with Crippen molar-refractivity contribution in [1.29, 1.82) is 0 Å². The molecule has 0 aliphatic carbocycles. The van der Waals surface area contributed by atoms with Gasteiger partial charge in [-0.3, -0.25) is 13.8 Å². The maximum Gasteiger partial charge on any atom is 0.530 e. The fraction of sp³-hybridized carbons (Fsp3) is 0.241. The topological polar surface area (TPSA) is 158 Å². The molecule has 5 aromatic carbocycles. The summed E-state index contributed by atoms with van der Waals surface area (Å²) in [7, 11) is -2.89. The lowest BCUT2D eigenvalue weighted by molar-refractivity contribution is -0.151. The molecule has 0 unspecified atom stereocenters. The van der Waals surface area contributed by atoms with Gasteiger partial charge in [0.15, 0.2) is 11.6 Å². The summed E-state index contributed by atoms with van der Waals surface area (Å²) in [6.07, 6.45) is -1.36. The largest absolute Gasteiger partial charge is 0.530 e. The average Bonchev–Trinajstić information content (AvgIpc) is 4.03. The van der Waals surface area contributed by atoms with Crippen LogP contribution >= 0.6 is 7.82 Å². The molecule has 0 saturated heterocycles. The van der Waals surface area contributed by atoms with Gasteiger partial charge >= 0.3 is 26.1 Å². The third-order valence-electron chi connectivity index (χ3n) is 12.4. The summed E-state index contributed by atoms with van der Waals surface area (Å²) < 4.78 is 107. The van der Waals surface area contributed by atoms with Crippen LogP contribution in [0.25, 0.3) is 27.8 Å². The van der Waals surface area contributed by atoms with E-state index in [2.05, 4.69) is 9.97 Å². The monoisotopic (exact) mass is 1030 g/mol. The van der Waals surface area contributed by atoms with E-state index >= 15 is 4.39 Å². The number of aromatic nitrogens is 5. The van der Waals surface area contributed by atoms with Crippen LogP contribution in [0.1, 0.15) is 58.5 Å². The van der Waals surface area contributed by atoms with E-state index in [0.29, 0.717) is 59.3 Å². The Balaban J connectivity index is 0.932. The highest BCUT2D eigenvalue weighted by atomic mass is 31.2. The molecule has 74 heavy (non-hydrogen) atoms. The highest BCUT2D eigenvalue weighted by Crippen LogP contribution is 2.51. The first kappa shape index (κ1) is 51.1. The normalized spacial score (nSPS) is 12.7. The predicted octanol–water partition coefficient (Wildman–Crippen LogP) is 11.8. The standard InChI is InChI=1S/C54H49F4N6O9P/c1-4-38-17-12-18-39(5-2)48(38)64-49(44-31-62(25-24-46(44)61-64)52-59-29-40(30-60-52)54(56,57)58)43-28-45(55)51(68-3)50-42(43)23-26-63(50)53(66)70-34-69-47(65)27-35-19-21-41(22-20-35)73-74(67,71-32-36-13-8-6-9-14-36)72-33-37-15-10-7-11-16-37/h6-23,26,28-30H,4-5,24-25,27,31-34H2,1-3H3. The zero-order chi connectivity index (χ0) is 52.0. The number of benzene rings is 5. The van der Waals surface area contributed by atoms with Crippen LogP contribution in [-0.2, 0) is 79.5 Å². The second-order valence-corrected chi connectivity index (χ2v) is 18.7. The Morgan fingerprint density at radius 2 is 1.42 bits per heavy atom. The number of phosphoric ester groups is 1. The molecule has 15 nitrogen and oxygen atoms in total. The molecule has 0 N–H and O–H groups in total. The summed E-state index contributed by atoms with van der Waals surface area (Å²) in [4.78, 5) is 36.7. The van der Waals surface area contributed by atoms with Crippen molar-refractivity contribution in [3.8, 4) is 28.4 Å². The number of aryl methyl sites for hydroxylation is 2. The van der Waals surface area contributed by atoms with Crippen LogP contribution in [0.5, 0.6) is 11.5 Å². The van der Waals surface area contributed by atoms with Crippen molar-refractivity contribution in [2.75, 3.05) is 25.3 Å². The Hall–Kier alpha value is -7.86. The lowest BCUT2D eigenvalue weighted by Crippen LogP contribution is -2.31.